The second-order valence-corrected chi connectivity index (χ2v) is 5.34. The number of hydrogen-bond acceptors (Lipinski definition) is 3. The molecule has 1 aromatic rings. The Morgan fingerprint density at radius 1 is 1.50 bits per heavy atom. The average Bonchev–Trinajstić information content (AvgIpc) is 2.38. The smallest absolute Gasteiger partial charge is 0.141 e. The third-order valence-corrected chi connectivity index (χ3v) is 4.07. The summed E-state index contributed by atoms with van der Waals surface area (Å²) in [5, 5.41) is 0. The molecule has 2 rings (SSSR count). The van der Waals surface area contributed by atoms with Gasteiger partial charge in [-0.15, -0.1) is 0 Å². The molecule has 2 heterocycles. The van der Waals surface area contributed by atoms with Crippen molar-refractivity contribution in [2.24, 2.45) is 11.7 Å². The summed E-state index contributed by atoms with van der Waals surface area (Å²) in [5.74, 6) is 0.296. The topological polar surface area (TPSA) is 42.1 Å². The molecule has 100 valence electrons. The number of aromatic nitrogens is 1. The third kappa shape index (κ3) is 2.87. The van der Waals surface area contributed by atoms with Crippen LogP contribution in [-0.2, 0) is 0 Å². The van der Waals surface area contributed by atoms with E-state index in [0.717, 1.165) is 25.1 Å². The van der Waals surface area contributed by atoms with Gasteiger partial charge in [-0.3, -0.25) is 9.88 Å². The first-order valence-electron chi connectivity index (χ1n) is 6.68. The van der Waals surface area contributed by atoms with E-state index in [-0.39, 0.29) is 11.9 Å². The van der Waals surface area contributed by atoms with Crippen molar-refractivity contribution >= 4 is 0 Å². The maximum absolute atomic E-state index is 13.2. The maximum Gasteiger partial charge on any atom is 0.141 e. The SMILES string of the molecule is CC1CCC(CN)CN1C(C)c1cncc(F)c1. The van der Waals surface area contributed by atoms with Crippen LogP contribution in [0.3, 0.4) is 0 Å². The molecule has 1 fully saturated rings. The van der Waals surface area contributed by atoms with Gasteiger partial charge in [-0.2, -0.15) is 0 Å². The zero-order valence-electron chi connectivity index (χ0n) is 11.1. The third-order valence-electron chi connectivity index (χ3n) is 4.07. The Labute approximate surface area is 108 Å². The molecule has 0 aromatic carbocycles. The Morgan fingerprint density at radius 3 is 2.94 bits per heavy atom. The molecule has 0 spiro atoms. The minimum atomic E-state index is -0.264. The second-order valence-electron chi connectivity index (χ2n) is 5.34. The number of nitrogens with zero attached hydrogens (tertiary/aromatic N) is 2. The summed E-state index contributed by atoms with van der Waals surface area (Å²) in [6.45, 7) is 6.08. The number of rotatable bonds is 3. The molecule has 3 atom stereocenters. The molecular weight excluding hydrogens is 229 g/mol. The number of hydrogen-bond donors (Lipinski definition) is 1. The number of likely N-dealkylation sites (tertiary alicyclic amines) is 1. The van der Waals surface area contributed by atoms with Gasteiger partial charge < -0.3 is 5.73 Å². The molecular formula is C14H22FN3. The number of nitrogens with two attached hydrogens (primary N) is 1. The minimum absolute atomic E-state index is 0.192. The first-order valence-corrected chi connectivity index (χ1v) is 6.68. The van der Waals surface area contributed by atoms with Crippen LogP contribution in [0.4, 0.5) is 4.39 Å². The Morgan fingerprint density at radius 2 is 2.28 bits per heavy atom. The molecule has 1 aliphatic rings. The van der Waals surface area contributed by atoms with E-state index in [2.05, 4.69) is 23.7 Å². The molecule has 1 aromatic heterocycles. The van der Waals surface area contributed by atoms with Gasteiger partial charge in [0.05, 0.1) is 6.20 Å². The fourth-order valence-electron chi connectivity index (χ4n) is 2.79. The molecule has 3 nitrogen and oxygen atoms in total. The average molecular weight is 251 g/mol. The standard InChI is InChI=1S/C14H22FN3/c1-10-3-4-12(6-16)9-18(10)11(2)13-5-14(15)8-17-7-13/h5,7-8,10-12H,3-4,6,9,16H2,1-2H3. The molecule has 1 aliphatic heterocycles. The lowest BCUT2D eigenvalue weighted by Crippen LogP contribution is -2.45. The first-order chi connectivity index (χ1) is 8.61. The van der Waals surface area contributed by atoms with Gasteiger partial charge in [0.15, 0.2) is 0 Å². The summed E-state index contributed by atoms with van der Waals surface area (Å²) >= 11 is 0. The Balaban J connectivity index is 2.13. The number of piperidine rings is 1. The molecule has 0 aliphatic carbocycles. The van der Waals surface area contributed by atoms with Crippen LogP contribution in [0, 0.1) is 11.7 Å². The van der Waals surface area contributed by atoms with Crippen molar-refractivity contribution in [3.63, 3.8) is 0 Å². The molecule has 3 unspecified atom stereocenters. The lowest BCUT2D eigenvalue weighted by molar-refractivity contribution is 0.0810. The van der Waals surface area contributed by atoms with Gasteiger partial charge in [-0.25, -0.2) is 4.39 Å². The Hall–Kier alpha value is -1.00. The van der Waals surface area contributed by atoms with Gasteiger partial charge in [0, 0.05) is 24.8 Å². The lowest BCUT2D eigenvalue weighted by Gasteiger charge is -2.41. The zero-order valence-corrected chi connectivity index (χ0v) is 11.1. The molecule has 4 heteroatoms. The van der Waals surface area contributed by atoms with E-state index in [1.54, 1.807) is 12.3 Å². The van der Waals surface area contributed by atoms with E-state index in [9.17, 15) is 4.39 Å². The highest BCUT2D eigenvalue weighted by molar-refractivity contribution is 5.15. The van der Waals surface area contributed by atoms with Crippen LogP contribution in [-0.4, -0.2) is 29.0 Å². The van der Waals surface area contributed by atoms with Crippen LogP contribution in [0.5, 0.6) is 0 Å². The van der Waals surface area contributed by atoms with Gasteiger partial charge in [0.2, 0.25) is 0 Å². The first kappa shape index (κ1) is 13.4. The van der Waals surface area contributed by atoms with Crippen LogP contribution in [0.15, 0.2) is 18.5 Å². The van der Waals surface area contributed by atoms with Gasteiger partial charge in [0.1, 0.15) is 5.82 Å². The number of halogens is 1. The van der Waals surface area contributed by atoms with E-state index < -0.39 is 0 Å². The highest BCUT2D eigenvalue weighted by Crippen LogP contribution is 2.30. The number of pyridine rings is 1. The Bertz CT molecular complexity index is 396. The van der Waals surface area contributed by atoms with E-state index in [4.69, 9.17) is 5.73 Å². The maximum atomic E-state index is 13.2. The van der Waals surface area contributed by atoms with Gasteiger partial charge in [0.25, 0.3) is 0 Å². The summed E-state index contributed by atoms with van der Waals surface area (Å²) in [6.07, 6.45) is 5.36. The second kappa shape index (κ2) is 5.76. The van der Waals surface area contributed by atoms with E-state index in [0.29, 0.717) is 12.0 Å². The van der Waals surface area contributed by atoms with Gasteiger partial charge in [-0.1, -0.05) is 0 Å². The van der Waals surface area contributed by atoms with Crippen LogP contribution < -0.4 is 5.73 Å². The zero-order chi connectivity index (χ0) is 13.1. The molecule has 0 amide bonds. The van der Waals surface area contributed by atoms with Crippen molar-refractivity contribution in [2.75, 3.05) is 13.1 Å². The van der Waals surface area contributed by atoms with E-state index in [1.807, 2.05) is 0 Å². The fourth-order valence-corrected chi connectivity index (χ4v) is 2.79. The van der Waals surface area contributed by atoms with Crippen LogP contribution >= 0.6 is 0 Å². The highest BCUT2D eigenvalue weighted by Gasteiger charge is 2.28. The quantitative estimate of drug-likeness (QED) is 0.896. The summed E-state index contributed by atoms with van der Waals surface area (Å²) in [5.41, 5.74) is 6.72. The van der Waals surface area contributed by atoms with Crippen molar-refractivity contribution in [2.45, 2.75) is 38.8 Å². The molecule has 0 saturated carbocycles. The van der Waals surface area contributed by atoms with Crippen molar-refractivity contribution in [3.05, 3.63) is 29.8 Å². The minimum Gasteiger partial charge on any atom is -0.330 e. The van der Waals surface area contributed by atoms with Crippen LogP contribution in [0.2, 0.25) is 0 Å². The summed E-state index contributed by atoms with van der Waals surface area (Å²) in [7, 11) is 0. The monoisotopic (exact) mass is 251 g/mol. The predicted octanol–water partition coefficient (Wildman–Crippen LogP) is 2.34. The molecule has 0 radical (unpaired) electrons. The summed E-state index contributed by atoms with van der Waals surface area (Å²) in [4.78, 5) is 6.35. The molecule has 18 heavy (non-hydrogen) atoms. The van der Waals surface area contributed by atoms with E-state index in [1.165, 1.54) is 12.6 Å². The predicted molar refractivity (Wildman–Crippen MR) is 70.6 cm³/mol. The van der Waals surface area contributed by atoms with Crippen molar-refractivity contribution < 1.29 is 4.39 Å². The van der Waals surface area contributed by atoms with Crippen molar-refractivity contribution in [1.82, 2.24) is 9.88 Å². The van der Waals surface area contributed by atoms with E-state index >= 15 is 0 Å². The highest BCUT2D eigenvalue weighted by atomic mass is 19.1. The molecule has 1 saturated heterocycles. The van der Waals surface area contributed by atoms with Crippen molar-refractivity contribution in [1.29, 1.82) is 0 Å². The largest absolute Gasteiger partial charge is 0.330 e. The van der Waals surface area contributed by atoms with Gasteiger partial charge >= 0.3 is 0 Å². The van der Waals surface area contributed by atoms with Gasteiger partial charge in [-0.05, 0) is 50.8 Å². The molecule has 2 N–H and O–H groups in total. The Kier molecular flexibility index (Phi) is 4.30. The van der Waals surface area contributed by atoms with Crippen LogP contribution in [0.1, 0.15) is 38.3 Å². The normalized spacial score (nSPS) is 27.1. The summed E-state index contributed by atoms with van der Waals surface area (Å²) < 4.78 is 13.2. The summed E-state index contributed by atoms with van der Waals surface area (Å²) in [6, 6.07) is 2.29. The lowest BCUT2D eigenvalue weighted by atomic mass is 9.91. The van der Waals surface area contributed by atoms with Crippen LogP contribution in [0.25, 0.3) is 0 Å². The fraction of sp³-hybridized carbons (Fsp3) is 0.643. The molecule has 0 bridgehead atoms. The van der Waals surface area contributed by atoms with Crippen molar-refractivity contribution in [3.8, 4) is 0 Å².